The third-order valence-electron chi connectivity index (χ3n) is 4.28. The van der Waals surface area contributed by atoms with Gasteiger partial charge in [0.05, 0.1) is 7.11 Å². The maximum absolute atomic E-state index is 12.0. The standard InChI is InChI=1S/C18H24N4O3/c1-24-14-7-4-5-8-15(14)25-13-18(23)19-11-10-17-21-20-16-9-3-2-6-12-22(16)17/h4-5,7-8H,2-3,6,9-13H2,1H3,(H,19,23). The fraction of sp³-hybridized carbons (Fsp3) is 0.500. The molecule has 1 aliphatic rings. The minimum absolute atomic E-state index is 0.0433. The van der Waals surface area contributed by atoms with Gasteiger partial charge in [-0.25, -0.2) is 0 Å². The fourth-order valence-electron chi connectivity index (χ4n) is 2.98. The van der Waals surface area contributed by atoms with Crippen molar-refractivity contribution in [3.05, 3.63) is 35.9 Å². The number of rotatable bonds is 7. The van der Waals surface area contributed by atoms with Gasteiger partial charge in [0.2, 0.25) is 0 Å². The molecule has 1 amide bonds. The summed E-state index contributed by atoms with van der Waals surface area (Å²) in [6.07, 6.45) is 5.24. The minimum Gasteiger partial charge on any atom is -0.493 e. The molecule has 25 heavy (non-hydrogen) atoms. The van der Waals surface area contributed by atoms with E-state index in [4.69, 9.17) is 9.47 Å². The zero-order chi connectivity index (χ0) is 17.5. The molecule has 1 aliphatic heterocycles. The molecule has 1 aromatic heterocycles. The lowest BCUT2D eigenvalue weighted by Gasteiger charge is -2.11. The number of nitrogens with one attached hydrogen (secondary N) is 1. The zero-order valence-electron chi connectivity index (χ0n) is 14.5. The van der Waals surface area contributed by atoms with Crippen LogP contribution in [0.4, 0.5) is 0 Å². The monoisotopic (exact) mass is 344 g/mol. The average molecular weight is 344 g/mol. The lowest BCUT2D eigenvalue weighted by atomic mass is 10.2. The van der Waals surface area contributed by atoms with Crippen LogP contribution in [0.2, 0.25) is 0 Å². The maximum atomic E-state index is 12.0. The Morgan fingerprint density at radius 3 is 2.88 bits per heavy atom. The highest BCUT2D eigenvalue weighted by atomic mass is 16.5. The van der Waals surface area contributed by atoms with Gasteiger partial charge in [0.25, 0.3) is 5.91 Å². The van der Waals surface area contributed by atoms with E-state index in [1.165, 1.54) is 12.8 Å². The highest BCUT2D eigenvalue weighted by molar-refractivity contribution is 5.77. The molecule has 0 spiro atoms. The van der Waals surface area contributed by atoms with Gasteiger partial charge >= 0.3 is 0 Å². The topological polar surface area (TPSA) is 78.3 Å². The van der Waals surface area contributed by atoms with Crippen LogP contribution in [0.25, 0.3) is 0 Å². The van der Waals surface area contributed by atoms with E-state index in [-0.39, 0.29) is 12.5 Å². The number of nitrogens with zero attached hydrogens (tertiary/aromatic N) is 3. The van der Waals surface area contributed by atoms with E-state index in [9.17, 15) is 4.79 Å². The highest BCUT2D eigenvalue weighted by Crippen LogP contribution is 2.25. The second-order valence-electron chi connectivity index (χ2n) is 6.03. The lowest BCUT2D eigenvalue weighted by Crippen LogP contribution is -2.31. The van der Waals surface area contributed by atoms with Crippen molar-refractivity contribution < 1.29 is 14.3 Å². The Morgan fingerprint density at radius 1 is 1.20 bits per heavy atom. The van der Waals surface area contributed by atoms with Gasteiger partial charge in [-0.2, -0.15) is 0 Å². The molecule has 0 saturated carbocycles. The molecule has 2 heterocycles. The third-order valence-corrected chi connectivity index (χ3v) is 4.28. The number of hydrogen-bond donors (Lipinski definition) is 1. The number of ether oxygens (including phenoxy) is 2. The molecule has 0 aliphatic carbocycles. The van der Waals surface area contributed by atoms with E-state index < -0.39 is 0 Å². The Labute approximate surface area is 147 Å². The van der Waals surface area contributed by atoms with Crippen molar-refractivity contribution in [3.8, 4) is 11.5 Å². The van der Waals surface area contributed by atoms with Gasteiger partial charge in [-0.1, -0.05) is 18.6 Å². The van der Waals surface area contributed by atoms with E-state index in [0.29, 0.717) is 24.5 Å². The van der Waals surface area contributed by atoms with Crippen LogP contribution < -0.4 is 14.8 Å². The molecule has 1 N–H and O–H groups in total. The number of aromatic nitrogens is 3. The Morgan fingerprint density at radius 2 is 2.04 bits per heavy atom. The van der Waals surface area contributed by atoms with E-state index in [1.807, 2.05) is 12.1 Å². The summed E-state index contributed by atoms with van der Waals surface area (Å²) in [7, 11) is 1.57. The van der Waals surface area contributed by atoms with Crippen LogP contribution in [0.3, 0.4) is 0 Å². The molecule has 0 unspecified atom stereocenters. The summed E-state index contributed by atoms with van der Waals surface area (Å²) >= 11 is 0. The van der Waals surface area contributed by atoms with Gasteiger partial charge in [-0.05, 0) is 25.0 Å². The lowest BCUT2D eigenvalue weighted by molar-refractivity contribution is -0.123. The van der Waals surface area contributed by atoms with Crippen molar-refractivity contribution in [1.29, 1.82) is 0 Å². The Kier molecular flexibility index (Phi) is 5.87. The molecule has 3 rings (SSSR count). The molecule has 0 fully saturated rings. The van der Waals surface area contributed by atoms with Crippen LogP contribution in [0.15, 0.2) is 24.3 Å². The molecule has 7 nitrogen and oxygen atoms in total. The first-order valence-electron chi connectivity index (χ1n) is 8.71. The Hall–Kier alpha value is -2.57. The molecule has 0 radical (unpaired) electrons. The zero-order valence-corrected chi connectivity index (χ0v) is 14.5. The first-order valence-corrected chi connectivity index (χ1v) is 8.71. The predicted molar refractivity (Wildman–Crippen MR) is 92.8 cm³/mol. The highest BCUT2D eigenvalue weighted by Gasteiger charge is 2.14. The van der Waals surface area contributed by atoms with Crippen molar-refractivity contribution in [2.45, 2.75) is 38.6 Å². The summed E-state index contributed by atoms with van der Waals surface area (Å²) < 4.78 is 12.9. The van der Waals surface area contributed by atoms with Gasteiger partial charge in [-0.3, -0.25) is 4.79 Å². The number of amides is 1. The van der Waals surface area contributed by atoms with E-state index in [1.54, 1.807) is 19.2 Å². The van der Waals surface area contributed by atoms with E-state index in [0.717, 1.165) is 31.0 Å². The molecule has 0 atom stereocenters. The maximum Gasteiger partial charge on any atom is 0.257 e. The largest absolute Gasteiger partial charge is 0.493 e. The molecule has 1 aromatic carbocycles. The van der Waals surface area contributed by atoms with Crippen molar-refractivity contribution in [3.63, 3.8) is 0 Å². The van der Waals surface area contributed by atoms with Gasteiger partial charge < -0.3 is 19.4 Å². The summed E-state index contributed by atoms with van der Waals surface area (Å²) in [5.41, 5.74) is 0. The summed E-state index contributed by atoms with van der Waals surface area (Å²) in [6.45, 7) is 1.45. The minimum atomic E-state index is -0.165. The predicted octanol–water partition coefficient (Wildman–Crippen LogP) is 1.75. The third kappa shape index (κ3) is 4.49. The first-order chi connectivity index (χ1) is 12.3. The second kappa shape index (κ2) is 8.50. The summed E-state index contributed by atoms with van der Waals surface area (Å²) in [4.78, 5) is 12.0. The summed E-state index contributed by atoms with van der Waals surface area (Å²) in [6, 6.07) is 7.27. The van der Waals surface area contributed by atoms with Gasteiger partial charge in [0, 0.05) is 25.9 Å². The molecule has 0 saturated heterocycles. The van der Waals surface area contributed by atoms with E-state index in [2.05, 4.69) is 20.1 Å². The van der Waals surface area contributed by atoms with Crippen LogP contribution in [0.1, 0.15) is 30.9 Å². The molecular weight excluding hydrogens is 320 g/mol. The molecule has 2 aromatic rings. The molecule has 134 valence electrons. The van der Waals surface area contributed by atoms with Crippen LogP contribution in [-0.4, -0.2) is 40.9 Å². The summed E-state index contributed by atoms with van der Waals surface area (Å²) in [5.74, 6) is 3.02. The van der Waals surface area contributed by atoms with Crippen LogP contribution in [-0.2, 0) is 24.2 Å². The number of para-hydroxylation sites is 2. The van der Waals surface area contributed by atoms with Crippen molar-refractivity contribution >= 4 is 5.91 Å². The number of carbonyl (C=O) groups excluding carboxylic acids is 1. The van der Waals surface area contributed by atoms with Gasteiger partial charge in [0.1, 0.15) is 11.6 Å². The van der Waals surface area contributed by atoms with E-state index >= 15 is 0 Å². The number of fused-ring (bicyclic) bond motifs is 1. The van der Waals surface area contributed by atoms with Crippen molar-refractivity contribution in [2.75, 3.05) is 20.3 Å². The summed E-state index contributed by atoms with van der Waals surface area (Å²) in [5, 5.41) is 11.4. The smallest absolute Gasteiger partial charge is 0.257 e. The average Bonchev–Trinajstić information content (AvgIpc) is 2.87. The molecule has 0 bridgehead atoms. The van der Waals surface area contributed by atoms with Gasteiger partial charge in [0.15, 0.2) is 18.1 Å². The quantitative estimate of drug-likeness (QED) is 0.828. The molecule has 7 heteroatoms. The van der Waals surface area contributed by atoms with Crippen LogP contribution in [0, 0.1) is 0 Å². The normalized spacial score (nSPS) is 13.6. The van der Waals surface area contributed by atoms with Crippen LogP contribution in [0.5, 0.6) is 11.5 Å². The second-order valence-corrected chi connectivity index (χ2v) is 6.03. The number of benzene rings is 1. The van der Waals surface area contributed by atoms with Crippen LogP contribution >= 0.6 is 0 Å². The first kappa shape index (κ1) is 17.3. The Balaban J connectivity index is 1.45. The number of aryl methyl sites for hydroxylation is 1. The number of hydrogen-bond acceptors (Lipinski definition) is 5. The number of methoxy groups -OCH3 is 1. The Bertz CT molecular complexity index is 714. The van der Waals surface area contributed by atoms with Crippen molar-refractivity contribution in [2.24, 2.45) is 0 Å². The van der Waals surface area contributed by atoms with Gasteiger partial charge in [-0.15, -0.1) is 10.2 Å². The SMILES string of the molecule is COc1ccccc1OCC(=O)NCCc1nnc2n1CCCCC2. The molecular formula is C18H24N4O3. The van der Waals surface area contributed by atoms with Crippen molar-refractivity contribution in [1.82, 2.24) is 20.1 Å². The fourth-order valence-corrected chi connectivity index (χ4v) is 2.98. The number of carbonyl (C=O) groups is 1.